The Morgan fingerprint density at radius 1 is 1.17 bits per heavy atom. The second kappa shape index (κ2) is 5.92. The molecule has 3 aromatic rings. The van der Waals surface area contributed by atoms with E-state index >= 15 is 0 Å². The normalized spacial score (nSPS) is 10.5. The Morgan fingerprint density at radius 2 is 1.91 bits per heavy atom. The number of nitrogens with one attached hydrogen (secondary N) is 1. The van der Waals surface area contributed by atoms with Crippen LogP contribution in [0.15, 0.2) is 48.8 Å². The summed E-state index contributed by atoms with van der Waals surface area (Å²) in [5.74, 6) is -0.797. The number of methoxy groups -OCH3 is 1. The quantitative estimate of drug-likeness (QED) is 0.755. The average molecular weight is 309 g/mol. The van der Waals surface area contributed by atoms with Crippen LogP contribution in [0.5, 0.6) is 0 Å². The first kappa shape index (κ1) is 14.8. The van der Waals surface area contributed by atoms with Gasteiger partial charge in [0.1, 0.15) is 11.4 Å². The average Bonchev–Trinajstić information content (AvgIpc) is 2.94. The summed E-state index contributed by atoms with van der Waals surface area (Å²) in [7, 11) is 3.02. The Morgan fingerprint density at radius 3 is 2.65 bits per heavy atom. The van der Waals surface area contributed by atoms with Crippen molar-refractivity contribution < 1.29 is 14.3 Å². The molecule has 116 valence electrons. The van der Waals surface area contributed by atoms with Crippen molar-refractivity contribution in [2.75, 3.05) is 12.4 Å². The van der Waals surface area contributed by atoms with Gasteiger partial charge in [-0.25, -0.2) is 4.79 Å². The number of carbonyl (C=O) groups is 2. The van der Waals surface area contributed by atoms with Gasteiger partial charge in [-0.15, -0.1) is 0 Å². The number of anilines is 1. The summed E-state index contributed by atoms with van der Waals surface area (Å²) in [4.78, 5) is 28.1. The molecule has 0 aliphatic heterocycles. The minimum Gasteiger partial charge on any atom is -0.464 e. The number of aromatic nitrogens is 2. The zero-order valence-electron chi connectivity index (χ0n) is 12.7. The third kappa shape index (κ3) is 2.91. The summed E-state index contributed by atoms with van der Waals surface area (Å²) in [5.41, 5.74) is 1.18. The third-order valence-corrected chi connectivity index (χ3v) is 3.52. The first-order chi connectivity index (χ1) is 11.1. The minimum atomic E-state index is -0.461. The second-order valence-corrected chi connectivity index (χ2v) is 5.09. The second-order valence-electron chi connectivity index (χ2n) is 5.09. The Hall–Kier alpha value is -3.15. The molecule has 0 unspecified atom stereocenters. The van der Waals surface area contributed by atoms with Gasteiger partial charge in [0.25, 0.3) is 5.91 Å². The molecule has 2 heterocycles. The highest BCUT2D eigenvalue weighted by Gasteiger charge is 2.14. The van der Waals surface area contributed by atoms with Crippen molar-refractivity contribution in [1.82, 2.24) is 9.55 Å². The predicted octanol–water partition coefficient (Wildman–Crippen LogP) is 2.61. The number of nitrogens with zero attached hydrogens (tertiary/aromatic N) is 2. The molecule has 0 aliphatic carbocycles. The molecule has 2 aromatic heterocycles. The zero-order chi connectivity index (χ0) is 16.4. The molecule has 0 radical (unpaired) electrons. The Kier molecular flexibility index (Phi) is 3.80. The van der Waals surface area contributed by atoms with E-state index in [2.05, 4.69) is 15.0 Å². The number of hydrogen-bond acceptors (Lipinski definition) is 4. The standard InChI is InChI=1S/C17H15N3O3/c1-20-10-13(8-15(20)17(22)23-2)19-16(21)14-7-11-5-3-4-6-12(11)9-18-14/h3-10H,1-2H3,(H,19,21). The molecule has 6 heteroatoms. The molecule has 1 aromatic carbocycles. The van der Waals surface area contributed by atoms with Gasteiger partial charge in [0.05, 0.1) is 12.8 Å². The van der Waals surface area contributed by atoms with Gasteiger partial charge in [-0.05, 0) is 17.5 Å². The van der Waals surface area contributed by atoms with Gasteiger partial charge >= 0.3 is 5.97 Å². The van der Waals surface area contributed by atoms with Gasteiger partial charge in [-0.2, -0.15) is 0 Å². The number of amides is 1. The van der Waals surface area contributed by atoms with Crippen LogP contribution in [0, 0.1) is 0 Å². The Labute approximate surface area is 132 Å². The van der Waals surface area contributed by atoms with E-state index in [-0.39, 0.29) is 5.91 Å². The number of ether oxygens (including phenoxy) is 1. The van der Waals surface area contributed by atoms with Crippen LogP contribution in [0.25, 0.3) is 10.8 Å². The van der Waals surface area contributed by atoms with E-state index in [0.717, 1.165) is 10.8 Å². The van der Waals surface area contributed by atoms with Crippen molar-refractivity contribution in [2.45, 2.75) is 0 Å². The zero-order valence-corrected chi connectivity index (χ0v) is 12.7. The first-order valence-corrected chi connectivity index (χ1v) is 6.99. The number of fused-ring (bicyclic) bond motifs is 1. The lowest BCUT2D eigenvalue weighted by molar-refractivity contribution is 0.0590. The highest BCUT2D eigenvalue weighted by molar-refractivity contribution is 6.05. The highest BCUT2D eigenvalue weighted by Crippen LogP contribution is 2.17. The van der Waals surface area contributed by atoms with Gasteiger partial charge in [-0.3, -0.25) is 9.78 Å². The molecule has 6 nitrogen and oxygen atoms in total. The topological polar surface area (TPSA) is 73.2 Å². The van der Waals surface area contributed by atoms with Crippen LogP contribution in [-0.2, 0) is 11.8 Å². The number of aryl methyl sites for hydroxylation is 1. The van der Waals surface area contributed by atoms with E-state index in [4.69, 9.17) is 0 Å². The maximum Gasteiger partial charge on any atom is 0.354 e. The number of pyridine rings is 1. The summed E-state index contributed by atoms with van der Waals surface area (Å²) in [5, 5.41) is 4.64. The summed E-state index contributed by atoms with van der Waals surface area (Å²) >= 11 is 0. The van der Waals surface area contributed by atoms with Crippen molar-refractivity contribution in [3.8, 4) is 0 Å². The maximum atomic E-state index is 12.3. The molecule has 0 atom stereocenters. The largest absolute Gasteiger partial charge is 0.464 e. The van der Waals surface area contributed by atoms with Gasteiger partial charge in [0.2, 0.25) is 0 Å². The van der Waals surface area contributed by atoms with Gasteiger partial charge < -0.3 is 14.6 Å². The smallest absolute Gasteiger partial charge is 0.354 e. The fourth-order valence-electron chi connectivity index (χ4n) is 2.34. The first-order valence-electron chi connectivity index (χ1n) is 6.99. The van der Waals surface area contributed by atoms with E-state index in [1.54, 1.807) is 36.1 Å². The van der Waals surface area contributed by atoms with E-state index in [9.17, 15) is 9.59 Å². The van der Waals surface area contributed by atoms with Crippen LogP contribution < -0.4 is 5.32 Å². The Balaban J connectivity index is 1.84. The predicted molar refractivity (Wildman–Crippen MR) is 86.4 cm³/mol. The lowest BCUT2D eigenvalue weighted by Crippen LogP contribution is -2.13. The summed E-state index contributed by atoms with van der Waals surface area (Å²) in [6, 6.07) is 11.0. The fourth-order valence-corrected chi connectivity index (χ4v) is 2.34. The summed E-state index contributed by atoms with van der Waals surface area (Å²) in [6.45, 7) is 0. The molecule has 1 N–H and O–H groups in total. The highest BCUT2D eigenvalue weighted by atomic mass is 16.5. The van der Waals surface area contributed by atoms with E-state index in [1.807, 2.05) is 24.3 Å². The number of rotatable bonds is 3. The number of carbonyl (C=O) groups excluding carboxylic acids is 2. The number of hydrogen-bond donors (Lipinski definition) is 1. The van der Waals surface area contributed by atoms with Crippen LogP contribution in [0.4, 0.5) is 5.69 Å². The molecule has 0 aliphatic rings. The SMILES string of the molecule is COC(=O)c1cc(NC(=O)c2cc3ccccc3cn2)cn1C. The van der Waals surface area contributed by atoms with E-state index in [1.165, 1.54) is 7.11 Å². The lowest BCUT2D eigenvalue weighted by Gasteiger charge is -2.03. The molecule has 0 spiro atoms. The summed E-state index contributed by atoms with van der Waals surface area (Å²) in [6.07, 6.45) is 3.31. The van der Waals surface area contributed by atoms with E-state index < -0.39 is 5.97 Å². The summed E-state index contributed by atoms with van der Waals surface area (Å²) < 4.78 is 6.28. The third-order valence-electron chi connectivity index (χ3n) is 3.52. The molecule has 0 bridgehead atoms. The molecular weight excluding hydrogens is 294 g/mol. The number of benzene rings is 1. The lowest BCUT2D eigenvalue weighted by atomic mass is 10.1. The molecule has 23 heavy (non-hydrogen) atoms. The van der Waals surface area contributed by atoms with Gasteiger partial charge in [0, 0.05) is 24.8 Å². The van der Waals surface area contributed by atoms with Crippen molar-refractivity contribution in [2.24, 2.45) is 7.05 Å². The molecule has 1 amide bonds. The van der Waals surface area contributed by atoms with Crippen molar-refractivity contribution in [1.29, 1.82) is 0 Å². The van der Waals surface area contributed by atoms with Crippen LogP contribution in [-0.4, -0.2) is 28.5 Å². The maximum absolute atomic E-state index is 12.3. The van der Waals surface area contributed by atoms with Crippen LogP contribution in [0.1, 0.15) is 21.0 Å². The van der Waals surface area contributed by atoms with Crippen LogP contribution in [0.2, 0.25) is 0 Å². The molecule has 0 saturated carbocycles. The van der Waals surface area contributed by atoms with Crippen molar-refractivity contribution >= 4 is 28.3 Å². The molecule has 0 saturated heterocycles. The van der Waals surface area contributed by atoms with Gasteiger partial charge in [0.15, 0.2) is 0 Å². The fraction of sp³-hybridized carbons (Fsp3) is 0.118. The number of esters is 1. The van der Waals surface area contributed by atoms with Gasteiger partial charge in [-0.1, -0.05) is 24.3 Å². The minimum absolute atomic E-state index is 0.312. The van der Waals surface area contributed by atoms with Crippen LogP contribution in [0.3, 0.4) is 0 Å². The molecule has 3 rings (SSSR count). The van der Waals surface area contributed by atoms with Crippen molar-refractivity contribution in [3.05, 3.63) is 60.2 Å². The monoisotopic (exact) mass is 309 g/mol. The Bertz CT molecular complexity index is 899. The van der Waals surface area contributed by atoms with Crippen LogP contribution >= 0.6 is 0 Å². The molecule has 0 fully saturated rings. The van der Waals surface area contributed by atoms with Crippen molar-refractivity contribution in [3.63, 3.8) is 0 Å². The van der Waals surface area contributed by atoms with E-state index in [0.29, 0.717) is 17.1 Å². The molecular formula is C17H15N3O3.